The lowest BCUT2D eigenvalue weighted by atomic mass is 10.0. The van der Waals surface area contributed by atoms with Crippen molar-refractivity contribution in [2.75, 3.05) is 32.1 Å². The van der Waals surface area contributed by atoms with Gasteiger partial charge < -0.3 is 19.9 Å². The van der Waals surface area contributed by atoms with Gasteiger partial charge in [0.1, 0.15) is 23.9 Å². The van der Waals surface area contributed by atoms with Gasteiger partial charge in [0, 0.05) is 45.0 Å². The molecule has 3 aromatic carbocycles. The molecule has 10 heteroatoms. The number of para-hydroxylation sites is 1. The molecule has 2 atom stereocenters. The Morgan fingerprint density at radius 1 is 1.07 bits per heavy atom. The normalized spacial score (nSPS) is 15.6. The molecular weight excluding hydrogens is 511 g/mol. The molecule has 40 heavy (non-hydrogen) atoms. The molecule has 1 aliphatic heterocycles. The largest absolute Gasteiger partial charge is 0.378 e. The Kier molecular flexibility index (Phi) is 8.35. The highest BCUT2D eigenvalue weighted by atomic mass is 19.1. The number of carbonyl (C=O) groups excluding carboxylic acids is 2. The molecule has 1 N–H and O–H groups in total. The highest BCUT2D eigenvalue weighted by Crippen LogP contribution is 2.27. The zero-order chi connectivity index (χ0) is 28.1. The molecule has 0 bridgehead atoms. The number of hydrogen-bond acceptors (Lipinski definition) is 6. The second kappa shape index (κ2) is 12.3. The Morgan fingerprint density at radius 3 is 2.55 bits per heavy atom. The Bertz CT molecular complexity index is 1470. The molecule has 0 spiro atoms. The Hall–Kier alpha value is -4.31. The third-order valence-corrected chi connectivity index (χ3v) is 7.14. The number of benzene rings is 3. The van der Waals surface area contributed by atoms with Crippen LogP contribution in [0, 0.1) is 5.82 Å². The molecule has 2 amide bonds. The number of anilines is 1. The van der Waals surface area contributed by atoms with Gasteiger partial charge in [-0.2, -0.15) is 0 Å². The van der Waals surface area contributed by atoms with Crippen LogP contribution in [0.2, 0.25) is 0 Å². The summed E-state index contributed by atoms with van der Waals surface area (Å²) in [5, 5.41) is 11.3. The molecule has 2 heterocycles. The summed E-state index contributed by atoms with van der Waals surface area (Å²) in [7, 11) is 3.86. The number of ether oxygens (including phenoxy) is 1. The molecule has 0 radical (unpaired) electrons. The van der Waals surface area contributed by atoms with Crippen LogP contribution < -0.4 is 10.2 Å². The molecule has 0 saturated carbocycles. The first-order chi connectivity index (χ1) is 19.4. The van der Waals surface area contributed by atoms with Crippen molar-refractivity contribution < 1.29 is 18.7 Å². The van der Waals surface area contributed by atoms with Crippen LogP contribution in [0.25, 0.3) is 11.0 Å². The van der Waals surface area contributed by atoms with Gasteiger partial charge in [0.25, 0.3) is 0 Å². The first-order valence-electron chi connectivity index (χ1n) is 13.4. The maximum absolute atomic E-state index is 14.9. The van der Waals surface area contributed by atoms with Gasteiger partial charge in [0.15, 0.2) is 0 Å². The summed E-state index contributed by atoms with van der Waals surface area (Å²) >= 11 is 0. The van der Waals surface area contributed by atoms with E-state index in [1.54, 1.807) is 18.2 Å². The van der Waals surface area contributed by atoms with Crippen molar-refractivity contribution >= 4 is 28.5 Å². The Morgan fingerprint density at radius 2 is 1.82 bits per heavy atom. The van der Waals surface area contributed by atoms with Crippen LogP contribution in [0.4, 0.5) is 10.1 Å². The van der Waals surface area contributed by atoms with Gasteiger partial charge in [-0.05, 0) is 48.7 Å². The average Bonchev–Trinajstić information content (AvgIpc) is 3.63. The molecule has 5 rings (SSSR count). The number of fused-ring (bicyclic) bond motifs is 1. The first kappa shape index (κ1) is 27.3. The average molecular weight is 545 g/mol. The summed E-state index contributed by atoms with van der Waals surface area (Å²) in [6, 6.07) is 20.1. The van der Waals surface area contributed by atoms with E-state index < -0.39 is 17.8 Å². The standard InChI is InChI=1S/C30H33FN6O3/c1-35(2)23-15-13-21(14-16-23)29(30(39)32-18-24-9-7-17-40-24)36(19-22-8-3-4-10-25(22)31)28(38)20-37-27-12-6-5-11-26(27)33-34-37/h3-6,8,10-16,24,29H,7,9,17-20H2,1-2H3,(H,32,39)/t24-,29-/m0/s1. The zero-order valence-corrected chi connectivity index (χ0v) is 22.7. The number of halogens is 1. The van der Waals surface area contributed by atoms with Crippen molar-refractivity contribution in [3.8, 4) is 0 Å². The van der Waals surface area contributed by atoms with Crippen LogP contribution in [0.5, 0.6) is 0 Å². The molecule has 1 fully saturated rings. The summed E-state index contributed by atoms with van der Waals surface area (Å²) in [6.07, 6.45) is 1.73. The summed E-state index contributed by atoms with van der Waals surface area (Å²) in [5.74, 6) is -1.21. The first-order valence-corrected chi connectivity index (χ1v) is 13.4. The number of aromatic nitrogens is 3. The predicted molar refractivity (Wildman–Crippen MR) is 150 cm³/mol. The van der Waals surface area contributed by atoms with Crippen molar-refractivity contribution in [3.63, 3.8) is 0 Å². The van der Waals surface area contributed by atoms with Gasteiger partial charge in [-0.1, -0.05) is 47.7 Å². The van der Waals surface area contributed by atoms with Crippen LogP contribution in [0.1, 0.15) is 30.0 Å². The van der Waals surface area contributed by atoms with Gasteiger partial charge >= 0.3 is 0 Å². The quantitative estimate of drug-likeness (QED) is 0.327. The molecule has 1 aromatic heterocycles. The van der Waals surface area contributed by atoms with E-state index in [0.717, 1.165) is 18.5 Å². The predicted octanol–water partition coefficient (Wildman–Crippen LogP) is 3.70. The van der Waals surface area contributed by atoms with Crippen molar-refractivity contribution in [2.24, 2.45) is 0 Å². The Balaban J connectivity index is 1.52. The molecule has 0 aliphatic carbocycles. The number of nitrogens with one attached hydrogen (secondary N) is 1. The van der Waals surface area contributed by atoms with Crippen LogP contribution in [0.15, 0.2) is 72.8 Å². The lowest BCUT2D eigenvalue weighted by molar-refractivity contribution is -0.142. The highest BCUT2D eigenvalue weighted by molar-refractivity contribution is 5.89. The van der Waals surface area contributed by atoms with Crippen LogP contribution >= 0.6 is 0 Å². The number of carbonyl (C=O) groups is 2. The van der Waals surface area contributed by atoms with E-state index in [4.69, 9.17) is 4.74 Å². The lowest BCUT2D eigenvalue weighted by Crippen LogP contribution is -2.46. The van der Waals surface area contributed by atoms with Crippen LogP contribution in [0.3, 0.4) is 0 Å². The third-order valence-electron chi connectivity index (χ3n) is 7.14. The fourth-order valence-corrected chi connectivity index (χ4v) is 4.93. The topological polar surface area (TPSA) is 92.6 Å². The second-order valence-corrected chi connectivity index (χ2v) is 10.1. The van der Waals surface area contributed by atoms with Crippen molar-refractivity contribution in [1.29, 1.82) is 0 Å². The summed E-state index contributed by atoms with van der Waals surface area (Å²) in [6.45, 7) is 0.728. The van der Waals surface area contributed by atoms with Crippen LogP contribution in [-0.2, 0) is 27.4 Å². The fraction of sp³-hybridized carbons (Fsp3) is 0.333. The highest BCUT2D eigenvalue weighted by Gasteiger charge is 2.33. The maximum Gasteiger partial charge on any atom is 0.247 e. The van der Waals surface area contributed by atoms with E-state index in [1.165, 1.54) is 15.6 Å². The Labute approximate surface area is 232 Å². The van der Waals surface area contributed by atoms with Crippen LogP contribution in [-0.4, -0.2) is 65.1 Å². The minimum Gasteiger partial charge on any atom is -0.378 e. The van der Waals surface area contributed by atoms with Crippen molar-refractivity contribution in [1.82, 2.24) is 25.2 Å². The van der Waals surface area contributed by atoms with Crippen molar-refractivity contribution in [2.45, 2.75) is 38.1 Å². The SMILES string of the molecule is CN(C)c1ccc([C@@H](C(=O)NC[C@@H]2CCCO2)N(Cc2ccccc2F)C(=O)Cn2nnc3ccccc32)cc1. The van der Waals surface area contributed by atoms with Gasteiger partial charge in [0.05, 0.1) is 11.6 Å². The lowest BCUT2D eigenvalue weighted by Gasteiger charge is -2.32. The second-order valence-electron chi connectivity index (χ2n) is 10.1. The number of rotatable bonds is 10. The van der Waals surface area contributed by atoms with E-state index in [2.05, 4.69) is 15.6 Å². The third kappa shape index (κ3) is 6.12. The summed E-state index contributed by atoms with van der Waals surface area (Å²) in [4.78, 5) is 31.3. The van der Waals surface area contributed by atoms with Gasteiger partial charge in [-0.3, -0.25) is 9.59 Å². The van der Waals surface area contributed by atoms with E-state index in [9.17, 15) is 14.0 Å². The minimum atomic E-state index is -1.01. The zero-order valence-electron chi connectivity index (χ0n) is 22.7. The van der Waals surface area contributed by atoms with E-state index >= 15 is 0 Å². The van der Waals surface area contributed by atoms with E-state index in [0.29, 0.717) is 35.3 Å². The molecule has 208 valence electrons. The van der Waals surface area contributed by atoms with Gasteiger partial charge in [-0.15, -0.1) is 5.10 Å². The minimum absolute atomic E-state index is 0.0713. The monoisotopic (exact) mass is 544 g/mol. The number of amides is 2. The van der Waals surface area contributed by atoms with Crippen molar-refractivity contribution in [3.05, 3.63) is 89.7 Å². The van der Waals surface area contributed by atoms with E-state index in [-0.39, 0.29) is 25.1 Å². The van der Waals surface area contributed by atoms with Gasteiger partial charge in [0.2, 0.25) is 11.8 Å². The molecule has 1 saturated heterocycles. The number of nitrogens with zero attached hydrogens (tertiary/aromatic N) is 5. The number of hydrogen-bond donors (Lipinski definition) is 1. The van der Waals surface area contributed by atoms with Gasteiger partial charge in [-0.25, -0.2) is 9.07 Å². The fourth-order valence-electron chi connectivity index (χ4n) is 4.93. The smallest absolute Gasteiger partial charge is 0.247 e. The van der Waals surface area contributed by atoms with E-state index in [1.807, 2.05) is 67.5 Å². The molecule has 0 unspecified atom stereocenters. The summed E-state index contributed by atoms with van der Waals surface area (Å²) < 4.78 is 22.1. The molecular formula is C30H33FN6O3. The maximum atomic E-state index is 14.9. The molecule has 4 aromatic rings. The summed E-state index contributed by atoms with van der Waals surface area (Å²) in [5.41, 5.74) is 3.21. The molecule has 9 nitrogen and oxygen atoms in total. The molecule has 1 aliphatic rings.